The van der Waals surface area contributed by atoms with Crippen molar-refractivity contribution in [3.8, 4) is 16.9 Å². The standard InChI is InChI=1S/C29H36N2O2/c1-4-31(20-22-7-5-21(6-8-22)15-16-30-2)29-19-27(33-3)13-14-28(29)25-10-9-24-18-26(32)12-11-23(24)17-25/h5-10,13-14,17,19,26,30,32H,4,11-12,15-16,18,20H2,1-3H3/t26-/m1/s1. The van der Waals surface area contributed by atoms with Gasteiger partial charge < -0.3 is 20.1 Å². The average Bonchev–Trinajstić information content (AvgIpc) is 2.86. The molecule has 1 atom stereocenters. The number of nitrogens with zero attached hydrogens (tertiary/aromatic N) is 1. The predicted molar refractivity (Wildman–Crippen MR) is 137 cm³/mol. The molecule has 0 bridgehead atoms. The Balaban J connectivity index is 1.64. The molecule has 3 aromatic rings. The average molecular weight is 445 g/mol. The molecule has 0 aromatic heterocycles. The molecule has 0 amide bonds. The van der Waals surface area contributed by atoms with Crippen LogP contribution >= 0.6 is 0 Å². The van der Waals surface area contributed by atoms with E-state index in [-0.39, 0.29) is 6.10 Å². The summed E-state index contributed by atoms with van der Waals surface area (Å²) in [6.07, 6.45) is 3.38. The molecule has 4 nitrogen and oxygen atoms in total. The van der Waals surface area contributed by atoms with Crippen LogP contribution in [-0.2, 0) is 25.8 Å². The third-order valence-electron chi connectivity index (χ3n) is 6.71. The first-order chi connectivity index (χ1) is 16.1. The van der Waals surface area contributed by atoms with Crippen molar-refractivity contribution in [2.75, 3.05) is 32.1 Å². The Morgan fingerprint density at radius 3 is 2.52 bits per heavy atom. The van der Waals surface area contributed by atoms with Gasteiger partial charge in [-0.05, 0) is 86.1 Å². The highest BCUT2D eigenvalue weighted by Gasteiger charge is 2.19. The lowest BCUT2D eigenvalue weighted by molar-refractivity contribution is 0.158. The number of hydrogen-bond donors (Lipinski definition) is 2. The van der Waals surface area contributed by atoms with Gasteiger partial charge in [0.1, 0.15) is 5.75 Å². The van der Waals surface area contributed by atoms with Crippen molar-refractivity contribution in [3.63, 3.8) is 0 Å². The molecule has 33 heavy (non-hydrogen) atoms. The number of methoxy groups -OCH3 is 1. The maximum Gasteiger partial charge on any atom is 0.120 e. The lowest BCUT2D eigenvalue weighted by Crippen LogP contribution is -2.23. The highest BCUT2D eigenvalue weighted by atomic mass is 16.5. The Labute approximate surface area is 198 Å². The summed E-state index contributed by atoms with van der Waals surface area (Å²) in [5, 5.41) is 13.2. The van der Waals surface area contributed by atoms with Gasteiger partial charge >= 0.3 is 0 Å². The van der Waals surface area contributed by atoms with Crippen molar-refractivity contribution in [3.05, 3.63) is 82.9 Å². The molecule has 1 aliphatic rings. The Hall–Kier alpha value is -2.82. The third kappa shape index (κ3) is 5.58. The van der Waals surface area contributed by atoms with Crippen LogP contribution in [0.15, 0.2) is 60.7 Å². The fourth-order valence-corrected chi connectivity index (χ4v) is 4.72. The number of likely N-dealkylation sites (N-methyl/N-ethyl adjacent to an activating group) is 1. The summed E-state index contributed by atoms with van der Waals surface area (Å²) in [6.45, 7) is 4.95. The summed E-state index contributed by atoms with van der Waals surface area (Å²) in [5.74, 6) is 0.871. The number of aliphatic hydroxyl groups excluding tert-OH is 1. The first-order valence-corrected chi connectivity index (χ1v) is 12.1. The Morgan fingerprint density at radius 2 is 1.79 bits per heavy atom. The number of rotatable bonds is 9. The largest absolute Gasteiger partial charge is 0.497 e. The van der Waals surface area contributed by atoms with Crippen molar-refractivity contribution in [2.24, 2.45) is 0 Å². The number of aryl methyl sites for hydroxylation is 1. The maximum atomic E-state index is 10.0. The molecule has 0 unspecified atom stereocenters. The first-order valence-electron chi connectivity index (χ1n) is 12.1. The van der Waals surface area contributed by atoms with Crippen LogP contribution in [0.5, 0.6) is 5.75 Å². The van der Waals surface area contributed by atoms with Gasteiger partial charge in [-0.3, -0.25) is 0 Å². The quantitative estimate of drug-likeness (QED) is 0.488. The minimum absolute atomic E-state index is 0.208. The smallest absolute Gasteiger partial charge is 0.120 e. The Bertz CT molecular complexity index is 1060. The van der Waals surface area contributed by atoms with E-state index in [4.69, 9.17) is 4.74 Å². The first kappa shape index (κ1) is 23.3. The topological polar surface area (TPSA) is 44.7 Å². The molecule has 0 radical (unpaired) electrons. The number of anilines is 1. The summed E-state index contributed by atoms with van der Waals surface area (Å²) in [7, 11) is 3.72. The summed E-state index contributed by atoms with van der Waals surface area (Å²) >= 11 is 0. The zero-order valence-corrected chi connectivity index (χ0v) is 20.1. The SMILES string of the molecule is CCN(Cc1ccc(CCNC)cc1)c1cc(OC)ccc1-c1ccc2c(c1)CC[C@@H](O)C2. The van der Waals surface area contributed by atoms with Crippen LogP contribution in [0.25, 0.3) is 11.1 Å². The van der Waals surface area contributed by atoms with Gasteiger partial charge in [-0.15, -0.1) is 0 Å². The zero-order valence-electron chi connectivity index (χ0n) is 20.1. The fourth-order valence-electron chi connectivity index (χ4n) is 4.72. The number of nitrogens with one attached hydrogen (secondary N) is 1. The van der Waals surface area contributed by atoms with Crippen molar-refractivity contribution < 1.29 is 9.84 Å². The molecular formula is C29H36N2O2. The Kier molecular flexibility index (Phi) is 7.69. The molecule has 0 saturated carbocycles. The van der Waals surface area contributed by atoms with Crippen molar-refractivity contribution in [1.82, 2.24) is 5.32 Å². The molecule has 2 N–H and O–H groups in total. The van der Waals surface area contributed by atoms with Gasteiger partial charge in [-0.1, -0.05) is 42.5 Å². The van der Waals surface area contributed by atoms with Gasteiger partial charge in [-0.2, -0.15) is 0 Å². The normalized spacial score (nSPS) is 15.2. The van der Waals surface area contributed by atoms with Gasteiger partial charge in [0, 0.05) is 30.4 Å². The van der Waals surface area contributed by atoms with Gasteiger partial charge in [0.05, 0.1) is 13.2 Å². The van der Waals surface area contributed by atoms with Gasteiger partial charge in [-0.25, -0.2) is 0 Å². The van der Waals surface area contributed by atoms with E-state index in [0.29, 0.717) is 0 Å². The number of aliphatic hydroxyl groups is 1. The minimum Gasteiger partial charge on any atom is -0.497 e. The molecule has 0 heterocycles. The lowest BCUT2D eigenvalue weighted by atomic mass is 9.87. The van der Waals surface area contributed by atoms with Crippen LogP contribution in [-0.4, -0.2) is 38.5 Å². The van der Waals surface area contributed by atoms with Crippen LogP contribution in [0, 0.1) is 0 Å². The molecule has 0 spiro atoms. The number of fused-ring (bicyclic) bond motifs is 1. The summed E-state index contributed by atoms with van der Waals surface area (Å²) in [4.78, 5) is 2.42. The lowest BCUT2D eigenvalue weighted by Gasteiger charge is -2.27. The van der Waals surface area contributed by atoms with Crippen molar-refractivity contribution in [2.45, 2.75) is 45.3 Å². The van der Waals surface area contributed by atoms with Crippen LogP contribution in [0.1, 0.15) is 35.6 Å². The molecule has 0 saturated heterocycles. The molecule has 1 aliphatic carbocycles. The van der Waals surface area contributed by atoms with Crippen LogP contribution < -0.4 is 15.0 Å². The van der Waals surface area contributed by atoms with E-state index in [0.717, 1.165) is 51.1 Å². The van der Waals surface area contributed by atoms with E-state index in [2.05, 4.69) is 71.7 Å². The summed E-state index contributed by atoms with van der Waals surface area (Å²) in [5.41, 5.74) is 8.93. The van der Waals surface area contributed by atoms with Crippen molar-refractivity contribution in [1.29, 1.82) is 0 Å². The molecule has 0 aliphatic heterocycles. The third-order valence-corrected chi connectivity index (χ3v) is 6.71. The second-order valence-electron chi connectivity index (χ2n) is 8.95. The molecule has 4 heteroatoms. The maximum absolute atomic E-state index is 10.0. The summed E-state index contributed by atoms with van der Waals surface area (Å²) in [6, 6.07) is 22.1. The van der Waals surface area contributed by atoms with E-state index in [9.17, 15) is 5.11 Å². The monoisotopic (exact) mass is 444 g/mol. The number of ether oxygens (including phenoxy) is 1. The number of hydrogen-bond acceptors (Lipinski definition) is 4. The molecule has 3 aromatic carbocycles. The zero-order chi connectivity index (χ0) is 23.2. The van der Waals surface area contributed by atoms with E-state index in [1.54, 1.807) is 7.11 Å². The highest BCUT2D eigenvalue weighted by molar-refractivity contribution is 5.80. The molecule has 0 fully saturated rings. The number of benzene rings is 3. The fraction of sp³-hybridized carbons (Fsp3) is 0.379. The van der Waals surface area contributed by atoms with Gasteiger partial charge in [0.2, 0.25) is 0 Å². The van der Waals surface area contributed by atoms with E-state index in [1.807, 2.05) is 13.1 Å². The van der Waals surface area contributed by atoms with E-state index >= 15 is 0 Å². The predicted octanol–water partition coefficient (Wildman–Crippen LogP) is 5.00. The Morgan fingerprint density at radius 1 is 1.00 bits per heavy atom. The summed E-state index contributed by atoms with van der Waals surface area (Å²) < 4.78 is 5.59. The van der Waals surface area contributed by atoms with Gasteiger partial charge in [0.15, 0.2) is 0 Å². The van der Waals surface area contributed by atoms with Crippen LogP contribution in [0.4, 0.5) is 5.69 Å². The van der Waals surface area contributed by atoms with Crippen LogP contribution in [0.3, 0.4) is 0 Å². The van der Waals surface area contributed by atoms with Crippen LogP contribution in [0.2, 0.25) is 0 Å². The van der Waals surface area contributed by atoms with Crippen molar-refractivity contribution >= 4 is 5.69 Å². The van der Waals surface area contributed by atoms with E-state index in [1.165, 1.54) is 39.1 Å². The molecule has 4 rings (SSSR count). The second kappa shape index (κ2) is 10.9. The van der Waals surface area contributed by atoms with Gasteiger partial charge in [0.25, 0.3) is 0 Å². The van der Waals surface area contributed by atoms with E-state index < -0.39 is 0 Å². The highest BCUT2D eigenvalue weighted by Crippen LogP contribution is 2.37. The molecular weight excluding hydrogens is 408 g/mol. The molecule has 174 valence electrons. The second-order valence-corrected chi connectivity index (χ2v) is 8.95. The minimum atomic E-state index is -0.208.